The van der Waals surface area contributed by atoms with E-state index in [1.807, 2.05) is 13.0 Å². The molecule has 1 aromatic carbocycles. The minimum Gasteiger partial charge on any atom is -0.315 e. The summed E-state index contributed by atoms with van der Waals surface area (Å²) in [6.45, 7) is 3.86. The van der Waals surface area contributed by atoms with Crippen molar-refractivity contribution in [3.8, 4) is 6.07 Å². The highest BCUT2D eigenvalue weighted by Crippen LogP contribution is 2.32. The third kappa shape index (κ3) is 3.24. The van der Waals surface area contributed by atoms with Gasteiger partial charge in [-0.05, 0) is 49.1 Å². The SMILES string of the molecule is Cc1cc(Cl)c2c(c1)CCN(S(=O)(=O)CC1(C#N)CCNC1)C2. The van der Waals surface area contributed by atoms with Crippen LogP contribution in [0.3, 0.4) is 0 Å². The van der Waals surface area contributed by atoms with Crippen LogP contribution in [0.5, 0.6) is 0 Å². The van der Waals surface area contributed by atoms with Crippen LogP contribution in [0.1, 0.15) is 23.1 Å². The quantitative estimate of drug-likeness (QED) is 0.899. The second kappa shape index (κ2) is 6.06. The molecule has 5 nitrogen and oxygen atoms in total. The average Bonchev–Trinajstić information content (AvgIpc) is 2.95. The normalized spacial score (nSPS) is 25.1. The van der Waals surface area contributed by atoms with Crippen molar-refractivity contribution < 1.29 is 8.42 Å². The highest BCUT2D eigenvalue weighted by molar-refractivity contribution is 7.89. The molecule has 124 valence electrons. The van der Waals surface area contributed by atoms with Gasteiger partial charge in [0.2, 0.25) is 10.0 Å². The Labute approximate surface area is 142 Å². The zero-order valence-corrected chi connectivity index (χ0v) is 14.7. The molecule has 1 saturated heterocycles. The van der Waals surface area contributed by atoms with Gasteiger partial charge in [0.05, 0.1) is 17.2 Å². The molecule has 0 aromatic heterocycles. The number of rotatable bonds is 3. The highest BCUT2D eigenvalue weighted by Gasteiger charge is 2.41. The molecule has 0 radical (unpaired) electrons. The van der Waals surface area contributed by atoms with E-state index in [0.29, 0.717) is 44.0 Å². The third-order valence-electron chi connectivity index (χ3n) is 4.73. The Morgan fingerprint density at radius 2 is 2.26 bits per heavy atom. The monoisotopic (exact) mass is 353 g/mol. The lowest BCUT2D eigenvalue weighted by atomic mass is 9.92. The number of benzene rings is 1. The zero-order valence-electron chi connectivity index (χ0n) is 13.1. The van der Waals surface area contributed by atoms with E-state index < -0.39 is 15.4 Å². The molecule has 2 aliphatic rings. The summed E-state index contributed by atoms with van der Waals surface area (Å²) in [5.74, 6) is -0.123. The van der Waals surface area contributed by atoms with Gasteiger partial charge in [-0.2, -0.15) is 9.57 Å². The predicted octanol–water partition coefficient (Wildman–Crippen LogP) is 1.84. The first-order chi connectivity index (χ1) is 10.9. The summed E-state index contributed by atoms with van der Waals surface area (Å²) in [4.78, 5) is 0. The van der Waals surface area contributed by atoms with Gasteiger partial charge in [0.15, 0.2) is 0 Å². The maximum atomic E-state index is 12.8. The van der Waals surface area contributed by atoms with Gasteiger partial charge in [0, 0.05) is 24.7 Å². The summed E-state index contributed by atoms with van der Waals surface area (Å²) < 4.78 is 27.1. The number of hydrogen-bond acceptors (Lipinski definition) is 4. The number of sulfonamides is 1. The molecule has 1 atom stereocenters. The van der Waals surface area contributed by atoms with Crippen LogP contribution in [0.2, 0.25) is 5.02 Å². The Morgan fingerprint density at radius 1 is 1.48 bits per heavy atom. The number of nitrogens with one attached hydrogen (secondary N) is 1. The van der Waals surface area contributed by atoms with Gasteiger partial charge in [0.25, 0.3) is 0 Å². The summed E-state index contributed by atoms with van der Waals surface area (Å²) in [7, 11) is -3.49. The van der Waals surface area contributed by atoms with E-state index in [2.05, 4.69) is 17.5 Å². The van der Waals surface area contributed by atoms with E-state index in [1.165, 1.54) is 4.31 Å². The average molecular weight is 354 g/mol. The molecule has 0 bridgehead atoms. The Morgan fingerprint density at radius 3 is 2.91 bits per heavy atom. The Bertz CT molecular complexity index is 764. The minimum absolute atomic E-state index is 0.123. The molecule has 0 saturated carbocycles. The fourth-order valence-corrected chi connectivity index (χ4v) is 5.66. The van der Waals surface area contributed by atoms with Crippen molar-refractivity contribution in [3.05, 3.63) is 33.8 Å². The maximum absolute atomic E-state index is 12.8. The molecule has 1 aromatic rings. The summed E-state index contributed by atoms with van der Waals surface area (Å²) in [5, 5.41) is 13.1. The minimum atomic E-state index is -3.49. The molecule has 1 N–H and O–H groups in total. The van der Waals surface area contributed by atoms with Crippen LogP contribution in [0.15, 0.2) is 12.1 Å². The van der Waals surface area contributed by atoms with Crippen LogP contribution < -0.4 is 5.32 Å². The van der Waals surface area contributed by atoms with Gasteiger partial charge in [-0.3, -0.25) is 0 Å². The fraction of sp³-hybridized carbons (Fsp3) is 0.562. The standard InChI is InChI=1S/C16H20ClN3O2S/c1-12-6-13-2-5-20(8-14(13)15(17)7-12)23(21,22)11-16(9-18)3-4-19-10-16/h6-7,19H,2-5,8,10-11H2,1H3. The molecule has 7 heteroatoms. The van der Waals surface area contributed by atoms with Gasteiger partial charge in [-0.1, -0.05) is 17.7 Å². The largest absolute Gasteiger partial charge is 0.315 e. The first-order valence-electron chi connectivity index (χ1n) is 7.73. The maximum Gasteiger partial charge on any atom is 0.216 e. The molecule has 0 spiro atoms. The van der Waals surface area contributed by atoms with Crippen LogP contribution in [-0.2, 0) is 23.0 Å². The summed E-state index contributed by atoms with van der Waals surface area (Å²) >= 11 is 6.30. The molecule has 1 unspecified atom stereocenters. The Kier molecular flexibility index (Phi) is 4.41. The van der Waals surface area contributed by atoms with Crippen LogP contribution in [0.4, 0.5) is 0 Å². The lowest BCUT2D eigenvalue weighted by molar-refractivity contribution is 0.377. The van der Waals surface area contributed by atoms with E-state index in [4.69, 9.17) is 11.6 Å². The molecular weight excluding hydrogens is 334 g/mol. The van der Waals surface area contributed by atoms with Crippen molar-refractivity contribution in [1.29, 1.82) is 5.26 Å². The summed E-state index contributed by atoms with van der Waals surface area (Å²) in [6, 6.07) is 6.16. The first-order valence-corrected chi connectivity index (χ1v) is 9.72. The Hall–Kier alpha value is -1.13. The second-order valence-electron chi connectivity index (χ2n) is 6.54. The molecule has 2 aliphatic heterocycles. The number of nitrogens with zero attached hydrogens (tertiary/aromatic N) is 2. The first kappa shape index (κ1) is 16.7. The van der Waals surface area contributed by atoms with Crippen molar-refractivity contribution >= 4 is 21.6 Å². The van der Waals surface area contributed by atoms with Gasteiger partial charge in [-0.25, -0.2) is 8.42 Å². The van der Waals surface area contributed by atoms with Gasteiger partial charge >= 0.3 is 0 Å². The molecule has 0 aliphatic carbocycles. The number of halogens is 1. The second-order valence-corrected chi connectivity index (χ2v) is 8.92. The van der Waals surface area contributed by atoms with Crippen molar-refractivity contribution in [3.63, 3.8) is 0 Å². The number of nitriles is 1. The smallest absolute Gasteiger partial charge is 0.216 e. The summed E-state index contributed by atoms with van der Waals surface area (Å²) in [6.07, 6.45) is 1.24. The van der Waals surface area contributed by atoms with E-state index in [1.54, 1.807) is 0 Å². The Balaban J connectivity index is 1.84. The number of hydrogen-bond donors (Lipinski definition) is 1. The summed E-state index contributed by atoms with van der Waals surface area (Å²) in [5.41, 5.74) is 2.29. The molecule has 3 rings (SSSR count). The molecule has 23 heavy (non-hydrogen) atoms. The van der Waals surface area contributed by atoms with E-state index in [-0.39, 0.29) is 5.75 Å². The van der Waals surface area contributed by atoms with Crippen molar-refractivity contribution in [2.45, 2.75) is 26.3 Å². The molecule has 1 fully saturated rings. The number of fused-ring (bicyclic) bond motifs is 1. The third-order valence-corrected chi connectivity index (χ3v) is 7.08. The molecule has 0 amide bonds. The van der Waals surface area contributed by atoms with Crippen LogP contribution in [0.25, 0.3) is 0 Å². The van der Waals surface area contributed by atoms with Gasteiger partial charge in [-0.15, -0.1) is 0 Å². The highest BCUT2D eigenvalue weighted by atomic mass is 35.5. The van der Waals surface area contributed by atoms with Crippen molar-refractivity contribution in [2.75, 3.05) is 25.4 Å². The van der Waals surface area contributed by atoms with Crippen LogP contribution in [0, 0.1) is 23.7 Å². The van der Waals surface area contributed by atoms with Crippen LogP contribution in [-0.4, -0.2) is 38.1 Å². The predicted molar refractivity (Wildman–Crippen MR) is 89.6 cm³/mol. The van der Waals surface area contributed by atoms with Crippen molar-refractivity contribution in [1.82, 2.24) is 9.62 Å². The number of aryl methyl sites for hydroxylation is 1. The van der Waals surface area contributed by atoms with E-state index in [9.17, 15) is 13.7 Å². The lowest BCUT2D eigenvalue weighted by Crippen LogP contribution is -2.42. The van der Waals surface area contributed by atoms with Crippen LogP contribution >= 0.6 is 11.6 Å². The molecule has 2 heterocycles. The van der Waals surface area contributed by atoms with Gasteiger partial charge < -0.3 is 5.32 Å². The van der Waals surface area contributed by atoms with Crippen molar-refractivity contribution in [2.24, 2.45) is 5.41 Å². The van der Waals surface area contributed by atoms with E-state index in [0.717, 1.165) is 16.7 Å². The van der Waals surface area contributed by atoms with E-state index >= 15 is 0 Å². The topological polar surface area (TPSA) is 73.2 Å². The van der Waals surface area contributed by atoms with Gasteiger partial charge in [0.1, 0.15) is 0 Å². The molecular formula is C16H20ClN3O2S. The fourth-order valence-electron chi connectivity index (χ4n) is 3.42. The lowest BCUT2D eigenvalue weighted by Gasteiger charge is -2.31. The zero-order chi connectivity index (χ0) is 16.7.